The van der Waals surface area contributed by atoms with Gasteiger partial charge in [0.2, 0.25) is 0 Å². The van der Waals surface area contributed by atoms with Crippen LogP contribution in [0.2, 0.25) is 0 Å². The lowest BCUT2D eigenvalue weighted by Crippen LogP contribution is -2.35. The van der Waals surface area contributed by atoms with E-state index in [-0.39, 0.29) is 6.42 Å². The highest BCUT2D eigenvalue weighted by Gasteiger charge is 2.43. The van der Waals surface area contributed by atoms with Gasteiger partial charge in [-0.3, -0.25) is 0 Å². The van der Waals surface area contributed by atoms with Gasteiger partial charge in [0, 0.05) is 5.56 Å². The molecule has 0 spiro atoms. The molecule has 0 fully saturated rings. The predicted molar refractivity (Wildman–Crippen MR) is 66.0 cm³/mol. The van der Waals surface area contributed by atoms with E-state index >= 15 is 0 Å². The fraction of sp³-hybridized carbons (Fsp3) is 0.133. The van der Waals surface area contributed by atoms with Crippen molar-refractivity contribution in [2.24, 2.45) is 0 Å². The van der Waals surface area contributed by atoms with Gasteiger partial charge in [0.15, 0.2) is 11.5 Å². The van der Waals surface area contributed by atoms with E-state index < -0.39 is 5.79 Å². The van der Waals surface area contributed by atoms with E-state index in [1.54, 1.807) is 0 Å². The zero-order valence-corrected chi connectivity index (χ0v) is 9.67. The Hall–Kier alpha value is -2.47. The van der Waals surface area contributed by atoms with Crippen LogP contribution in [-0.4, -0.2) is 0 Å². The molecule has 0 N–H and O–H groups in total. The van der Waals surface area contributed by atoms with Crippen LogP contribution in [0.15, 0.2) is 54.6 Å². The van der Waals surface area contributed by atoms with E-state index in [4.69, 9.17) is 14.7 Å². The van der Waals surface area contributed by atoms with E-state index in [2.05, 4.69) is 6.07 Å². The van der Waals surface area contributed by atoms with Crippen molar-refractivity contribution in [1.82, 2.24) is 0 Å². The van der Waals surface area contributed by atoms with E-state index in [9.17, 15) is 0 Å². The van der Waals surface area contributed by atoms with Crippen molar-refractivity contribution in [3.63, 3.8) is 0 Å². The second-order valence-electron chi connectivity index (χ2n) is 4.10. The molecule has 0 bridgehead atoms. The maximum atomic E-state index is 9.02. The molecule has 0 radical (unpaired) electrons. The average molecular weight is 237 g/mol. The zero-order valence-electron chi connectivity index (χ0n) is 9.67. The Balaban J connectivity index is 2.05. The van der Waals surface area contributed by atoms with Crippen LogP contribution >= 0.6 is 0 Å². The van der Waals surface area contributed by atoms with Gasteiger partial charge in [-0.15, -0.1) is 0 Å². The van der Waals surface area contributed by atoms with Gasteiger partial charge in [0.1, 0.15) is 6.42 Å². The minimum absolute atomic E-state index is 0.145. The molecular formula is C15H11NO2. The molecule has 0 amide bonds. The van der Waals surface area contributed by atoms with Crippen molar-refractivity contribution in [2.45, 2.75) is 12.2 Å². The third kappa shape index (κ3) is 1.59. The van der Waals surface area contributed by atoms with Gasteiger partial charge in [-0.2, -0.15) is 5.26 Å². The molecule has 18 heavy (non-hydrogen) atoms. The number of hydrogen-bond acceptors (Lipinski definition) is 3. The summed E-state index contributed by atoms with van der Waals surface area (Å²) in [5.41, 5.74) is 0.850. The summed E-state index contributed by atoms with van der Waals surface area (Å²) in [6.45, 7) is 0. The summed E-state index contributed by atoms with van der Waals surface area (Å²) in [4.78, 5) is 0. The smallest absolute Gasteiger partial charge is 0.291 e. The molecule has 0 aliphatic carbocycles. The normalized spacial score (nSPS) is 15.1. The molecule has 2 aromatic carbocycles. The first-order valence-electron chi connectivity index (χ1n) is 5.74. The Morgan fingerprint density at radius 3 is 2.00 bits per heavy atom. The lowest BCUT2D eigenvalue weighted by Gasteiger charge is -2.25. The predicted octanol–water partition coefficient (Wildman–Crippen LogP) is 3.22. The summed E-state index contributed by atoms with van der Waals surface area (Å²) >= 11 is 0. The largest absolute Gasteiger partial charge is 0.443 e. The first kappa shape index (κ1) is 10.7. The zero-order chi connectivity index (χ0) is 12.4. The van der Waals surface area contributed by atoms with Gasteiger partial charge < -0.3 is 9.47 Å². The second kappa shape index (κ2) is 4.08. The number of rotatable bonds is 2. The van der Waals surface area contributed by atoms with Crippen molar-refractivity contribution in [1.29, 1.82) is 5.26 Å². The molecule has 0 saturated carbocycles. The van der Waals surface area contributed by atoms with Gasteiger partial charge in [-0.1, -0.05) is 42.5 Å². The number of nitriles is 1. The van der Waals surface area contributed by atoms with Crippen molar-refractivity contribution in [2.75, 3.05) is 0 Å². The number of hydrogen-bond donors (Lipinski definition) is 0. The highest BCUT2D eigenvalue weighted by atomic mass is 16.7. The fourth-order valence-corrected chi connectivity index (χ4v) is 2.08. The van der Waals surface area contributed by atoms with Crippen LogP contribution in [0.5, 0.6) is 11.5 Å². The van der Waals surface area contributed by atoms with Crippen LogP contribution in [0.1, 0.15) is 12.0 Å². The monoisotopic (exact) mass is 237 g/mol. The SMILES string of the molecule is N#CCC1(c2ccccc2)Oc2ccccc2O1. The number of para-hydroxylation sites is 2. The number of benzene rings is 2. The van der Waals surface area contributed by atoms with Gasteiger partial charge in [0.25, 0.3) is 5.79 Å². The summed E-state index contributed by atoms with van der Waals surface area (Å²) < 4.78 is 11.8. The minimum atomic E-state index is -1.01. The molecule has 3 nitrogen and oxygen atoms in total. The van der Waals surface area contributed by atoms with Crippen LogP contribution in [0.4, 0.5) is 0 Å². The lowest BCUT2D eigenvalue weighted by molar-refractivity contribution is -0.0817. The van der Waals surface area contributed by atoms with Crippen LogP contribution in [0.25, 0.3) is 0 Å². The molecule has 0 unspecified atom stereocenters. The standard InChI is InChI=1S/C15H11NO2/c16-11-10-15(12-6-2-1-3-7-12)17-13-8-4-5-9-14(13)18-15/h1-9H,10H2. The van der Waals surface area contributed by atoms with Crippen LogP contribution in [0, 0.1) is 11.3 Å². The third-order valence-electron chi connectivity index (χ3n) is 2.92. The Kier molecular flexibility index (Phi) is 2.42. The molecule has 2 aromatic rings. The Morgan fingerprint density at radius 2 is 1.44 bits per heavy atom. The molecule has 1 aliphatic heterocycles. The van der Waals surface area contributed by atoms with E-state index in [0.717, 1.165) is 5.56 Å². The molecule has 88 valence electrons. The van der Waals surface area contributed by atoms with E-state index in [0.29, 0.717) is 11.5 Å². The highest BCUT2D eigenvalue weighted by Crippen LogP contribution is 2.45. The number of fused-ring (bicyclic) bond motifs is 1. The Morgan fingerprint density at radius 1 is 0.889 bits per heavy atom. The fourth-order valence-electron chi connectivity index (χ4n) is 2.08. The maximum Gasteiger partial charge on any atom is 0.291 e. The summed E-state index contributed by atoms with van der Waals surface area (Å²) in [6.07, 6.45) is 0.145. The highest BCUT2D eigenvalue weighted by molar-refractivity contribution is 5.45. The lowest BCUT2D eigenvalue weighted by atomic mass is 10.0. The quantitative estimate of drug-likeness (QED) is 0.805. The van der Waals surface area contributed by atoms with Crippen molar-refractivity contribution < 1.29 is 9.47 Å². The van der Waals surface area contributed by atoms with Crippen molar-refractivity contribution >= 4 is 0 Å². The molecular weight excluding hydrogens is 226 g/mol. The molecule has 1 aliphatic rings. The van der Waals surface area contributed by atoms with Gasteiger partial charge in [-0.05, 0) is 12.1 Å². The first-order valence-corrected chi connectivity index (χ1v) is 5.74. The first-order chi connectivity index (χ1) is 8.84. The molecule has 1 heterocycles. The van der Waals surface area contributed by atoms with E-state index in [1.807, 2.05) is 54.6 Å². The Bertz CT molecular complexity index is 576. The average Bonchev–Trinajstić information content (AvgIpc) is 2.79. The summed E-state index contributed by atoms with van der Waals surface area (Å²) in [5.74, 6) is 0.341. The molecule has 0 atom stereocenters. The Labute approximate surface area is 105 Å². The molecule has 0 saturated heterocycles. The van der Waals surface area contributed by atoms with Gasteiger partial charge in [0.05, 0.1) is 6.07 Å². The number of nitrogens with zero attached hydrogens (tertiary/aromatic N) is 1. The summed E-state index contributed by atoms with van der Waals surface area (Å²) in [5, 5.41) is 9.02. The molecule has 3 rings (SSSR count). The van der Waals surface area contributed by atoms with Crippen LogP contribution < -0.4 is 9.47 Å². The van der Waals surface area contributed by atoms with Crippen LogP contribution in [-0.2, 0) is 5.79 Å². The van der Waals surface area contributed by atoms with Crippen molar-refractivity contribution in [3.05, 3.63) is 60.2 Å². The third-order valence-corrected chi connectivity index (χ3v) is 2.92. The number of ether oxygens (including phenoxy) is 2. The molecule has 0 aromatic heterocycles. The maximum absolute atomic E-state index is 9.02. The molecule has 3 heteroatoms. The van der Waals surface area contributed by atoms with Gasteiger partial charge >= 0.3 is 0 Å². The van der Waals surface area contributed by atoms with Crippen molar-refractivity contribution in [3.8, 4) is 17.6 Å². The topological polar surface area (TPSA) is 42.2 Å². The summed E-state index contributed by atoms with van der Waals surface area (Å²) in [7, 11) is 0. The van der Waals surface area contributed by atoms with Crippen LogP contribution in [0.3, 0.4) is 0 Å². The summed E-state index contributed by atoms with van der Waals surface area (Å²) in [6, 6.07) is 19.1. The second-order valence-corrected chi connectivity index (χ2v) is 4.10. The van der Waals surface area contributed by atoms with E-state index in [1.165, 1.54) is 0 Å². The van der Waals surface area contributed by atoms with Gasteiger partial charge in [-0.25, -0.2) is 0 Å². The minimum Gasteiger partial charge on any atom is -0.443 e.